The van der Waals surface area contributed by atoms with E-state index in [9.17, 15) is 4.79 Å². The SMILES string of the molecule is COC(=O)Nc1ccc(-c2[nH]c3ccccc3c2N)cc1. The molecule has 1 aromatic heterocycles. The number of hydrogen-bond donors (Lipinski definition) is 3. The minimum absolute atomic E-state index is 0.493. The zero-order valence-corrected chi connectivity index (χ0v) is 11.5. The lowest BCUT2D eigenvalue weighted by Gasteiger charge is -2.05. The summed E-state index contributed by atoms with van der Waals surface area (Å²) in [6, 6.07) is 15.3. The number of aromatic nitrogens is 1. The van der Waals surface area contributed by atoms with Crippen LogP contribution in [0.5, 0.6) is 0 Å². The van der Waals surface area contributed by atoms with E-state index < -0.39 is 6.09 Å². The number of aromatic amines is 1. The maximum absolute atomic E-state index is 11.1. The Hall–Kier alpha value is -2.95. The molecule has 0 bridgehead atoms. The van der Waals surface area contributed by atoms with Crippen LogP contribution in [0.2, 0.25) is 0 Å². The number of hydrogen-bond acceptors (Lipinski definition) is 3. The Morgan fingerprint density at radius 1 is 1.14 bits per heavy atom. The molecule has 106 valence electrons. The van der Waals surface area contributed by atoms with E-state index in [1.807, 2.05) is 36.4 Å². The second-order valence-corrected chi connectivity index (χ2v) is 4.65. The number of H-pyrrole nitrogens is 1. The summed E-state index contributed by atoms with van der Waals surface area (Å²) >= 11 is 0. The average Bonchev–Trinajstić information content (AvgIpc) is 2.85. The van der Waals surface area contributed by atoms with E-state index in [0.29, 0.717) is 5.69 Å². The molecule has 0 radical (unpaired) electrons. The van der Waals surface area contributed by atoms with Gasteiger partial charge in [-0.3, -0.25) is 5.32 Å². The lowest BCUT2D eigenvalue weighted by molar-refractivity contribution is 0.187. The van der Waals surface area contributed by atoms with Crippen molar-refractivity contribution in [2.45, 2.75) is 0 Å². The van der Waals surface area contributed by atoms with E-state index in [4.69, 9.17) is 5.73 Å². The number of ether oxygens (including phenoxy) is 1. The van der Waals surface area contributed by atoms with Crippen molar-refractivity contribution in [3.05, 3.63) is 48.5 Å². The van der Waals surface area contributed by atoms with Crippen LogP contribution in [0.25, 0.3) is 22.2 Å². The van der Waals surface area contributed by atoms with Gasteiger partial charge < -0.3 is 15.5 Å². The standard InChI is InChI=1S/C16H15N3O2/c1-21-16(20)18-11-8-6-10(7-9-11)15-14(17)12-4-2-3-5-13(12)19-15/h2-9,19H,17H2,1H3,(H,18,20). The van der Waals surface area contributed by atoms with Crippen molar-refractivity contribution < 1.29 is 9.53 Å². The number of fused-ring (bicyclic) bond motifs is 1. The molecule has 1 heterocycles. The Bertz CT molecular complexity index is 791. The van der Waals surface area contributed by atoms with Gasteiger partial charge in [-0.2, -0.15) is 0 Å². The molecule has 5 heteroatoms. The lowest BCUT2D eigenvalue weighted by atomic mass is 10.1. The molecular weight excluding hydrogens is 266 g/mol. The van der Waals surface area contributed by atoms with Crippen LogP contribution in [0, 0.1) is 0 Å². The fourth-order valence-electron chi connectivity index (χ4n) is 2.28. The first-order valence-electron chi connectivity index (χ1n) is 6.50. The molecular formula is C16H15N3O2. The van der Waals surface area contributed by atoms with Crippen LogP contribution >= 0.6 is 0 Å². The molecule has 4 N–H and O–H groups in total. The maximum Gasteiger partial charge on any atom is 0.411 e. The van der Waals surface area contributed by atoms with Crippen molar-refractivity contribution in [2.24, 2.45) is 0 Å². The molecule has 0 saturated heterocycles. The summed E-state index contributed by atoms with van der Waals surface area (Å²) in [6.45, 7) is 0. The highest BCUT2D eigenvalue weighted by Gasteiger charge is 2.10. The minimum Gasteiger partial charge on any atom is -0.453 e. The molecule has 0 fully saturated rings. The van der Waals surface area contributed by atoms with Gasteiger partial charge in [0, 0.05) is 22.2 Å². The van der Waals surface area contributed by atoms with Crippen LogP contribution in [-0.4, -0.2) is 18.2 Å². The Kier molecular flexibility index (Phi) is 3.23. The van der Waals surface area contributed by atoms with Gasteiger partial charge in [-0.1, -0.05) is 30.3 Å². The molecule has 0 aliphatic heterocycles. The highest BCUT2D eigenvalue weighted by Crippen LogP contribution is 2.32. The summed E-state index contributed by atoms with van der Waals surface area (Å²) in [5.74, 6) is 0. The second-order valence-electron chi connectivity index (χ2n) is 4.65. The van der Waals surface area contributed by atoms with Gasteiger partial charge in [0.05, 0.1) is 18.5 Å². The van der Waals surface area contributed by atoms with Gasteiger partial charge in [0.15, 0.2) is 0 Å². The molecule has 0 aliphatic rings. The van der Waals surface area contributed by atoms with Crippen LogP contribution in [0.3, 0.4) is 0 Å². The molecule has 3 rings (SSSR count). The van der Waals surface area contributed by atoms with Crippen molar-refractivity contribution in [3.8, 4) is 11.3 Å². The normalized spacial score (nSPS) is 10.5. The van der Waals surface area contributed by atoms with Crippen LogP contribution < -0.4 is 11.1 Å². The van der Waals surface area contributed by atoms with E-state index in [-0.39, 0.29) is 0 Å². The Labute approximate surface area is 121 Å². The first-order chi connectivity index (χ1) is 10.2. The van der Waals surface area contributed by atoms with Gasteiger partial charge in [0.1, 0.15) is 0 Å². The van der Waals surface area contributed by atoms with Crippen LogP contribution in [-0.2, 0) is 4.74 Å². The monoisotopic (exact) mass is 281 g/mol. The summed E-state index contributed by atoms with van der Waals surface area (Å²) < 4.78 is 4.55. The largest absolute Gasteiger partial charge is 0.453 e. The smallest absolute Gasteiger partial charge is 0.411 e. The molecule has 0 saturated carbocycles. The number of nitrogens with one attached hydrogen (secondary N) is 2. The third-order valence-corrected chi connectivity index (χ3v) is 3.35. The van der Waals surface area contributed by atoms with E-state index in [2.05, 4.69) is 15.0 Å². The number of methoxy groups -OCH3 is 1. The van der Waals surface area contributed by atoms with Gasteiger partial charge in [-0.15, -0.1) is 0 Å². The number of carbonyl (C=O) groups excluding carboxylic acids is 1. The predicted molar refractivity (Wildman–Crippen MR) is 84.2 cm³/mol. The van der Waals surface area contributed by atoms with Crippen molar-refractivity contribution in [1.82, 2.24) is 4.98 Å². The number of anilines is 2. The predicted octanol–water partition coefficient (Wildman–Crippen LogP) is 3.60. The third kappa shape index (κ3) is 2.41. The fourth-order valence-corrected chi connectivity index (χ4v) is 2.28. The van der Waals surface area contributed by atoms with Gasteiger partial charge in [0.2, 0.25) is 0 Å². The van der Waals surface area contributed by atoms with Gasteiger partial charge in [0.25, 0.3) is 0 Å². The first kappa shape index (κ1) is 13.1. The quantitative estimate of drug-likeness (QED) is 0.671. The molecule has 21 heavy (non-hydrogen) atoms. The molecule has 3 aromatic rings. The average molecular weight is 281 g/mol. The number of carbonyl (C=O) groups is 1. The van der Waals surface area contributed by atoms with Gasteiger partial charge >= 0.3 is 6.09 Å². The molecule has 0 aliphatic carbocycles. The van der Waals surface area contributed by atoms with E-state index in [0.717, 1.165) is 27.8 Å². The highest BCUT2D eigenvalue weighted by molar-refractivity contribution is 6.00. The van der Waals surface area contributed by atoms with E-state index in [1.54, 1.807) is 12.1 Å². The Balaban J connectivity index is 1.95. The number of para-hydroxylation sites is 1. The first-order valence-corrected chi connectivity index (χ1v) is 6.50. The molecule has 0 unspecified atom stereocenters. The summed E-state index contributed by atoms with van der Waals surface area (Å²) in [7, 11) is 1.33. The van der Waals surface area contributed by atoms with Crippen molar-refractivity contribution in [2.75, 3.05) is 18.2 Å². The van der Waals surface area contributed by atoms with E-state index >= 15 is 0 Å². The third-order valence-electron chi connectivity index (χ3n) is 3.35. The Morgan fingerprint density at radius 2 is 1.86 bits per heavy atom. The minimum atomic E-state index is -0.493. The number of nitrogens with two attached hydrogens (primary N) is 1. The second kappa shape index (κ2) is 5.20. The topological polar surface area (TPSA) is 80.1 Å². The molecule has 0 spiro atoms. The summed E-state index contributed by atoms with van der Waals surface area (Å²) in [5, 5.41) is 3.61. The van der Waals surface area contributed by atoms with Gasteiger partial charge in [-0.05, 0) is 18.2 Å². The van der Waals surface area contributed by atoms with Crippen molar-refractivity contribution in [1.29, 1.82) is 0 Å². The van der Waals surface area contributed by atoms with Crippen LogP contribution in [0.1, 0.15) is 0 Å². The molecule has 1 amide bonds. The zero-order chi connectivity index (χ0) is 14.8. The number of amides is 1. The highest BCUT2D eigenvalue weighted by atomic mass is 16.5. The molecule has 5 nitrogen and oxygen atoms in total. The number of nitrogen functional groups attached to an aromatic ring is 1. The van der Waals surface area contributed by atoms with Crippen molar-refractivity contribution in [3.63, 3.8) is 0 Å². The van der Waals surface area contributed by atoms with Crippen LogP contribution in [0.4, 0.5) is 16.2 Å². The number of rotatable bonds is 2. The summed E-state index contributed by atoms with van der Waals surface area (Å²) in [6.07, 6.45) is -0.493. The lowest BCUT2D eigenvalue weighted by Crippen LogP contribution is -2.10. The van der Waals surface area contributed by atoms with E-state index in [1.165, 1.54) is 7.11 Å². The summed E-state index contributed by atoms with van der Waals surface area (Å²) in [4.78, 5) is 14.5. The van der Waals surface area contributed by atoms with Crippen LogP contribution in [0.15, 0.2) is 48.5 Å². The fraction of sp³-hybridized carbons (Fsp3) is 0.0625. The van der Waals surface area contributed by atoms with Gasteiger partial charge in [-0.25, -0.2) is 4.79 Å². The Morgan fingerprint density at radius 3 is 2.52 bits per heavy atom. The molecule has 0 atom stereocenters. The number of benzene rings is 2. The molecule has 2 aromatic carbocycles. The van der Waals surface area contributed by atoms with Crippen molar-refractivity contribution >= 4 is 28.4 Å². The summed E-state index contributed by atoms with van der Waals surface area (Å²) in [5.41, 5.74) is 10.4. The maximum atomic E-state index is 11.1. The zero-order valence-electron chi connectivity index (χ0n) is 11.5.